The monoisotopic (exact) mass is 355 g/mol. The van der Waals surface area contributed by atoms with E-state index in [2.05, 4.69) is 29.5 Å². The van der Waals surface area contributed by atoms with E-state index in [1.54, 1.807) is 19.1 Å². The second-order valence-electron chi connectivity index (χ2n) is 5.95. The molecule has 0 bridgehead atoms. The van der Waals surface area contributed by atoms with Gasteiger partial charge in [-0.05, 0) is 67.6 Å². The lowest BCUT2D eigenvalue weighted by atomic mass is 10.2. The first-order chi connectivity index (χ1) is 11.9. The van der Waals surface area contributed by atoms with Crippen molar-refractivity contribution < 1.29 is 9.53 Å². The van der Waals surface area contributed by atoms with Crippen LogP contribution in [0.2, 0.25) is 0 Å². The average Bonchev–Trinajstić information content (AvgIpc) is 3.01. The van der Waals surface area contributed by atoms with E-state index >= 15 is 0 Å². The third kappa shape index (κ3) is 3.35. The van der Waals surface area contributed by atoms with E-state index < -0.39 is 0 Å². The first-order valence-electron chi connectivity index (χ1n) is 7.94. The van der Waals surface area contributed by atoms with Crippen LogP contribution in [0.1, 0.15) is 17.0 Å². The first-order valence-corrected chi connectivity index (χ1v) is 8.75. The lowest BCUT2D eigenvalue weighted by Gasteiger charge is -2.07. The van der Waals surface area contributed by atoms with Crippen molar-refractivity contribution >= 4 is 34.6 Å². The zero-order valence-corrected chi connectivity index (χ0v) is 15.8. The third-order valence-electron chi connectivity index (χ3n) is 4.40. The molecule has 3 rings (SSSR count). The van der Waals surface area contributed by atoms with Crippen LogP contribution in [0.5, 0.6) is 5.75 Å². The van der Waals surface area contributed by atoms with Crippen molar-refractivity contribution in [3.63, 3.8) is 0 Å². The highest BCUT2D eigenvalue weighted by Gasteiger charge is 2.30. The highest BCUT2D eigenvalue weighted by molar-refractivity contribution is 8.18. The second kappa shape index (κ2) is 6.80. The molecule has 0 aliphatic carbocycles. The number of rotatable bonds is 3. The number of amides is 1. The fourth-order valence-corrected chi connectivity index (χ4v) is 3.57. The minimum atomic E-state index is -0.0295. The Kier molecular flexibility index (Phi) is 4.72. The summed E-state index contributed by atoms with van der Waals surface area (Å²) in [4.78, 5) is 19.4. The van der Waals surface area contributed by atoms with Gasteiger partial charge in [-0.25, -0.2) is 4.99 Å². The van der Waals surface area contributed by atoms with Gasteiger partial charge in [0.05, 0.1) is 17.7 Å². The van der Waals surface area contributed by atoms with Gasteiger partial charge in [0.1, 0.15) is 5.75 Å². The highest BCUT2D eigenvalue weighted by atomic mass is 32.2. The number of amidine groups is 1. The van der Waals surface area contributed by atoms with Crippen molar-refractivity contribution in [3.8, 4) is 5.75 Å². The molecule has 25 heavy (non-hydrogen) atoms. The number of methoxy groups -OCH3 is 1. The van der Waals surface area contributed by atoms with Gasteiger partial charge in [-0.2, -0.15) is 0 Å². The van der Waals surface area contributed by atoms with Crippen molar-refractivity contribution in [3.05, 3.63) is 52.2 Å². The van der Waals surface area contributed by atoms with Gasteiger partial charge in [-0.3, -0.25) is 9.69 Å². The van der Waals surface area contributed by atoms with Crippen LogP contribution in [-0.4, -0.2) is 34.7 Å². The summed E-state index contributed by atoms with van der Waals surface area (Å²) in [5, 5.41) is 0.673. The van der Waals surface area contributed by atoms with Crippen molar-refractivity contribution in [2.75, 3.05) is 14.2 Å². The number of likely N-dealkylation sites (N-methyl/N-ethyl adjacent to an activating group) is 1. The Bertz CT molecular complexity index is 879. The zero-order chi connectivity index (χ0) is 18.1. The normalized spacial score (nSPS) is 17.8. The minimum absolute atomic E-state index is 0.0295. The lowest BCUT2D eigenvalue weighted by molar-refractivity contribution is -0.121. The molecular formula is C19H21N3O2S. The summed E-state index contributed by atoms with van der Waals surface area (Å²) in [5.41, 5.74) is 4.16. The number of thioether (sulfide) groups is 1. The molecule has 6 heteroatoms. The molecule has 2 heterocycles. The Morgan fingerprint density at radius 2 is 1.84 bits per heavy atom. The molecule has 0 radical (unpaired) electrons. The van der Waals surface area contributed by atoms with Crippen molar-refractivity contribution in [2.24, 2.45) is 12.0 Å². The maximum absolute atomic E-state index is 12.5. The van der Waals surface area contributed by atoms with E-state index in [-0.39, 0.29) is 5.91 Å². The number of carbonyl (C=O) groups is 1. The topological polar surface area (TPSA) is 46.8 Å². The van der Waals surface area contributed by atoms with Crippen molar-refractivity contribution in [1.29, 1.82) is 0 Å². The Labute approximate surface area is 152 Å². The summed E-state index contributed by atoms with van der Waals surface area (Å²) >= 11 is 1.40. The smallest absolute Gasteiger partial charge is 0.266 e. The van der Waals surface area contributed by atoms with Gasteiger partial charge in [-0.1, -0.05) is 0 Å². The number of ether oxygens (including phenoxy) is 1. The van der Waals surface area contributed by atoms with E-state index in [9.17, 15) is 4.79 Å². The van der Waals surface area contributed by atoms with Crippen LogP contribution in [0.25, 0.3) is 6.08 Å². The summed E-state index contributed by atoms with van der Waals surface area (Å²) in [6.07, 6.45) is 1.95. The number of hydrogen-bond acceptors (Lipinski definition) is 4. The van der Waals surface area contributed by atoms with Crippen LogP contribution in [-0.2, 0) is 11.8 Å². The van der Waals surface area contributed by atoms with Gasteiger partial charge in [0, 0.05) is 25.5 Å². The van der Waals surface area contributed by atoms with Crippen LogP contribution in [0.3, 0.4) is 0 Å². The van der Waals surface area contributed by atoms with Crippen molar-refractivity contribution in [1.82, 2.24) is 9.47 Å². The third-order valence-corrected chi connectivity index (χ3v) is 5.46. The lowest BCUT2D eigenvalue weighted by Crippen LogP contribution is -2.23. The summed E-state index contributed by atoms with van der Waals surface area (Å²) in [6, 6.07) is 9.55. The van der Waals surface area contributed by atoms with Crippen LogP contribution < -0.4 is 4.74 Å². The molecule has 0 saturated carbocycles. The standard InChI is InChI=1S/C19H21N3O2S/c1-12-10-14(13(2)21(12)3)11-17-18(23)22(4)19(25-17)20-15-6-8-16(24-5)9-7-15/h6-11H,1-5H3/b17-11+,20-19?. The zero-order valence-electron chi connectivity index (χ0n) is 15.0. The number of nitrogens with zero attached hydrogens (tertiary/aromatic N) is 3. The first kappa shape index (κ1) is 17.4. The number of hydrogen-bond donors (Lipinski definition) is 0. The van der Waals surface area contributed by atoms with E-state index in [0.29, 0.717) is 10.1 Å². The maximum Gasteiger partial charge on any atom is 0.266 e. The number of aliphatic imine (C=N–C) groups is 1. The summed E-state index contributed by atoms with van der Waals surface area (Å²) in [7, 11) is 5.41. The molecule has 0 spiro atoms. The fourth-order valence-electron chi connectivity index (χ4n) is 2.59. The predicted molar refractivity (Wildman–Crippen MR) is 103 cm³/mol. The molecule has 130 valence electrons. The molecule has 1 saturated heterocycles. The summed E-state index contributed by atoms with van der Waals surface area (Å²) in [6.45, 7) is 4.11. The van der Waals surface area contributed by atoms with Crippen LogP contribution in [0.4, 0.5) is 5.69 Å². The van der Waals surface area contributed by atoms with E-state index in [4.69, 9.17) is 4.74 Å². The van der Waals surface area contributed by atoms with E-state index in [1.165, 1.54) is 17.5 Å². The van der Waals surface area contributed by atoms with E-state index in [1.807, 2.05) is 37.4 Å². The Hall–Kier alpha value is -2.47. The largest absolute Gasteiger partial charge is 0.497 e. The molecule has 1 aliphatic heterocycles. The highest BCUT2D eigenvalue weighted by Crippen LogP contribution is 2.34. The summed E-state index contributed by atoms with van der Waals surface area (Å²) < 4.78 is 7.27. The van der Waals surface area contributed by atoms with Gasteiger partial charge in [0.15, 0.2) is 5.17 Å². The molecule has 0 atom stereocenters. The molecule has 1 amide bonds. The molecule has 5 nitrogen and oxygen atoms in total. The molecule has 1 fully saturated rings. The average molecular weight is 355 g/mol. The maximum atomic E-state index is 12.5. The minimum Gasteiger partial charge on any atom is -0.497 e. The van der Waals surface area contributed by atoms with E-state index in [0.717, 1.165) is 22.7 Å². The molecule has 0 N–H and O–H groups in total. The molecule has 1 aliphatic rings. The second-order valence-corrected chi connectivity index (χ2v) is 6.96. The Balaban J connectivity index is 1.89. The van der Waals surface area contributed by atoms with Gasteiger partial charge in [0.2, 0.25) is 0 Å². The van der Waals surface area contributed by atoms with Gasteiger partial charge in [-0.15, -0.1) is 0 Å². The fraction of sp³-hybridized carbons (Fsp3) is 0.263. The molecule has 1 aromatic carbocycles. The van der Waals surface area contributed by atoms with Crippen LogP contribution in [0, 0.1) is 13.8 Å². The Morgan fingerprint density at radius 1 is 1.16 bits per heavy atom. The van der Waals surface area contributed by atoms with Crippen LogP contribution in [0.15, 0.2) is 40.2 Å². The van der Waals surface area contributed by atoms with Gasteiger partial charge >= 0.3 is 0 Å². The molecule has 2 aromatic rings. The number of aryl methyl sites for hydroxylation is 1. The number of aromatic nitrogens is 1. The predicted octanol–water partition coefficient (Wildman–Crippen LogP) is 3.88. The summed E-state index contributed by atoms with van der Waals surface area (Å²) in [5.74, 6) is 0.751. The quantitative estimate of drug-likeness (QED) is 0.785. The number of benzene rings is 1. The van der Waals surface area contributed by atoms with Crippen LogP contribution >= 0.6 is 11.8 Å². The van der Waals surface area contributed by atoms with Gasteiger partial charge in [0.25, 0.3) is 5.91 Å². The Morgan fingerprint density at radius 3 is 2.40 bits per heavy atom. The molecular weight excluding hydrogens is 334 g/mol. The molecule has 1 aromatic heterocycles. The molecule has 0 unspecified atom stereocenters. The van der Waals surface area contributed by atoms with Gasteiger partial charge < -0.3 is 9.30 Å². The number of carbonyl (C=O) groups excluding carboxylic acids is 1. The van der Waals surface area contributed by atoms with Crippen molar-refractivity contribution in [2.45, 2.75) is 13.8 Å². The SMILES string of the molecule is COc1ccc(N=C2S/C(=C/c3cc(C)n(C)c3C)C(=O)N2C)cc1.